The van der Waals surface area contributed by atoms with Gasteiger partial charge in [-0.15, -0.1) is 0 Å². The Bertz CT molecular complexity index is 771. The van der Waals surface area contributed by atoms with E-state index in [2.05, 4.69) is 15.7 Å². The molecule has 25 heavy (non-hydrogen) atoms. The van der Waals surface area contributed by atoms with E-state index in [4.69, 9.17) is 4.74 Å². The van der Waals surface area contributed by atoms with E-state index in [1.165, 1.54) is 12.1 Å². The first kappa shape index (κ1) is 18.8. The fraction of sp³-hybridized carbons (Fsp3) is 0.444. The van der Waals surface area contributed by atoms with Gasteiger partial charge in [0.2, 0.25) is 0 Å². The first-order valence-corrected chi connectivity index (χ1v) is 8.22. The van der Waals surface area contributed by atoms with E-state index < -0.39 is 11.8 Å². The van der Waals surface area contributed by atoms with E-state index in [-0.39, 0.29) is 17.8 Å². The molecule has 0 saturated carbocycles. The van der Waals surface area contributed by atoms with E-state index in [1.807, 2.05) is 41.7 Å². The Kier molecular flexibility index (Phi) is 5.66. The third-order valence-electron chi connectivity index (χ3n) is 3.91. The van der Waals surface area contributed by atoms with Crippen molar-refractivity contribution in [2.24, 2.45) is 7.05 Å². The van der Waals surface area contributed by atoms with Crippen molar-refractivity contribution in [1.29, 1.82) is 0 Å². The SMILES string of the molecule is Cc1nn(C)c(C)c1[C@H](C)NC(=O)Nc1ccc(OC(C)C)cc1F. The topological polar surface area (TPSA) is 68.2 Å². The summed E-state index contributed by atoms with van der Waals surface area (Å²) in [7, 11) is 1.86. The van der Waals surface area contributed by atoms with Crippen LogP contribution in [-0.4, -0.2) is 21.9 Å². The molecule has 0 saturated heterocycles. The maximum absolute atomic E-state index is 14.1. The molecule has 2 amide bonds. The number of nitrogens with one attached hydrogen (secondary N) is 2. The number of aromatic nitrogens is 2. The zero-order valence-corrected chi connectivity index (χ0v) is 15.5. The average Bonchev–Trinajstić information content (AvgIpc) is 2.74. The van der Waals surface area contributed by atoms with Gasteiger partial charge >= 0.3 is 6.03 Å². The van der Waals surface area contributed by atoms with Gasteiger partial charge in [0.25, 0.3) is 0 Å². The summed E-state index contributed by atoms with van der Waals surface area (Å²) in [6.45, 7) is 9.43. The van der Waals surface area contributed by atoms with E-state index in [1.54, 1.807) is 10.7 Å². The van der Waals surface area contributed by atoms with Crippen LogP contribution in [0.1, 0.15) is 43.8 Å². The highest BCUT2D eigenvalue weighted by molar-refractivity contribution is 5.89. The highest BCUT2D eigenvalue weighted by atomic mass is 19.1. The lowest BCUT2D eigenvalue weighted by molar-refractivity contribution is 0.241. The molecule has 136 valence electrons. The molecule has 1 aromatic heterocycles. The summed E-state index contributed by atoms with van der Waals surface area (Å²) in [6, 6.07) is 3.64. The van der Waals surface area contributed by atoms with Crippen molar-refractivity contribution >= 4 is 11.7 Å². The van der Waals surface area contributed by atoms with Crippen molar-refractivity contribution in [1.82, 2.24) is 15.1 Å². The molecule has 2 aromatic rings. The maximum Gasteiger partial charge on any atom is 0.319 e. The van der Waals surface area contributed by atoms with Crippen molar-refractivity contribution < 1.29 is 13.9 Å². The Labute approximate surface area is 147 Å². The second kappa shape index (κ2) is 7.55. The monoisotopic (exact) mass is 348 g/mol. The number of anilines is 1. The minimum atomic E-state index is -0.547. The molecule has 0 bridgehead atoms. The van der Waals surface area contributed by atoms with Crippen molar-refractivity contribution in [3.05, 3.63) is 41.0 Å². The number of amides is 2. The minimum absolute atomic E-state index is 0.0479. The highest BCUT2D eigenvalue weighted by Crippen LogP contribution is 2.23. The van der Waals surface area contributed by atoms with Crippen molar-refractivity contribution in [3.63, 3.8) is 0 Å². The van der Waals surface area contributed by atoms with Crippen LogP contribution in [0.4, 0.5) is 14.9 Å². The third kappa shape index (κ3) is 4.49. The number of carbonyl (C=O) groups excluding carboxylic acids is 1. The maximum atomic E-state index is 14.1. The van der Waals surface area contributed by atoms with Crippen molar-refractivity contribution in [2.75, 3.05) is 5.32 Å². The summed E-state index contributed by atoms with van der Waals surface area (Å²) in [5.74, 6) is -0.122. The molecular formula is C18H25FN4O2. The van der Waals surface area contributed by atoms with Crippen LogP contribution in [0.3, 0.4) is 0 Å². The standard InChI is InChI=1S/C18H25FN4O2/c1-10(2)25-14-7-8-16(15(19)9-14)21-18(24)20-11(3)17-12(4)22-23(6)13(17)5/h7-11H,1-6H3,(H2,20,21,24)/t11-/m0/s1. The normalized spacial score (nSPS) is 12.2. The predicted octanol–water partition coefficient (Wildman–Crippen LogP) is 3.85. The summed E-state index contributed by atoms with van der Waals surface area (Å²) < 4.78 is 21.3. The van der Waals surface area contributed by atoms with Crippen LogP contribution in [0.2, 0.25) is 0 Å². The molecule has 2 rings (SSSR count). The quantitative estimate of drug-likeness (QED) is 0.862. The number of urea groups is 1. The first-order chi connectivity index (χ1) is 11.7. The second-order valence-corrected chi connectivity index (χ2v) is 6.34. The lowest BCUT2D eigenvalue weighted by atomic mass is 10.1. The van der Waals surface area contributed by atoms with Crippen LogP contribution in [-0.2, 0) is 7.05 Å². The van der Waals surface area contributed by atoms with E-state index in [0.717, 1.165) is 17.0 Å². The fourth-order valence-electron chi connectivity index (χ4n) is 2.79. The molecule has 7 heteroatoms. The van der Waals surface area contributed by atoms with Crippen LogP contribution in [0.15, 0.2) is 18.2 Å². The zero-order chi connectivity index (χ0) is 18.7. The van der Waals surface area contributed by atoms with Crippen molar-refractivity contribution in [3.8, 4) is 5.75 Å². The summed E-state index contributed by atoms with van der Waals surface area (Å²) in [5, 5.41) is 9.68. The van der Waals surface area contributed by atoms with Gasteiger partial charge in [0.15, 0.2) is 0 Å². The zero-order valence-electron chi connectivity index (χ0n) is 15.5. The van der Waals surface area contributed by atoms with Gasteiger partial charge in [-0.25, -0.2) is 9.18 Å². The molecule has 0 spiro atoms. The van der Waals surface area contributed by atoms with Gasteiger partial charge in [0, 0.05) is 24.4 Å². The molecule has 0 fully saturated rings. The predicted molar refractivity (Wildman–Crippen MR) is 95.4 cm³/mol. The van der Waals surface area contributed by atoms with Crippen LogP contribution in [0.5, 0.6) is 5.75 Å². The first-order valence-electron chi connectivity index (χ1n) is 8.22. The van der Waals surface area contributed by atoms with Gasteiger partial charge in [-0.2, -0.15) is 5.10 Å². The molecule has 1 heterocycles. The lowest BCUT2D eigenvalue weighted by Crippen LogP contribution is -2.32. The summed E-state index contributed by atoms with van der Waals surface area (Å²) in [4.78, 5) is 12.2. The van der Waals surface area contributed by atoms with Gasteiger partial charge < -0.3 is 15.4 Å². The molecule has 0 aliphatic rings. The fourth-order valence-corrected chi connectivity index (χ4v) is 2.79. The Morgan fingerprint density at radius 1 is 1.28 bits per heavy atom. The number of carbonyl (C=O) groups is 1. The van der Waals surface area contributed by atoms with E-state index >= 15 is 0 Å². The second-order valence-electron chi connectivity index (χ2n) is 6.34. The molecule has 0 unspecified atom stereocenters. The molecule has 0 aliphatic heterocycles. The van der Waals surface area contributed by atoms with Gasteiger partial charge in [-0.1, -0.05) is 0 Å². The minimum Gasteiger partial charge on any atom is -0.491 e. The number of nitrogens with zero attached hydrogens (tertiary/aromatic N) is 2. The number of rotatable bonds is 5. The van der Waals surface area contributed by atoms with Crippen LogP contribution in [0.25, 0.3) is 0 Å². The van der Waals surface area contributed by atoms with E-state index in [0.29, 0.717) is 5.75 Å². The number of benzene rings is 1. The smallest absolute Gasteiger partial charge is 0.319 e. The number of hydrogen-bond acceptors (Lipinski definition) is 3. The molecule has 6 nitrogen and oxygen atoms in total. The van der Waals surface area contributed by atoms with Gasteiger partial charge in [0.1, 0.15) is 11.6 Å². The number of aryl methyl sites for hydroxylation is 2. The molecular weight excluding hydrogens is 323 g/mol. The number of hydrogen-bond donors (Lipinski definition) is 2. The van der Waals surface area contributed by atoms with Crippen LogP contribution >= 0.6 is 0 Å². The molecule has 1 atom stereocenters. The molecule has 1 aromatic carbocycles. The number of ether oxygens (including phenoxy) is 1. The van der Waals surface area contributed by atoms with E-state index in [9.17, 15) is 9.18 Å². The Morgan fingerprint density at radius 3 is 2.48 bits per heavy atom. The lowest BCUT2D eigenvalue weighted by Gasteiger charge is -2.16. The summed E-state index contributed by atoms with van der Waals surface area (Å²) in [5.41, 5.74) is 2.89. The van der Waals surface area contributed by atoms with Crippen LogP contribution in [0, 0.1) is 19.7 Å². The Morgan fingerprint density at radius 2 is 1.96 bits per heavy atom. The van der Waals surface area contributed by atoms with Gasteiger partial charge in [-0.3, -0.25) is 4.68 Å². The largest absolute Gasteiger partial charge is 0.491 e. The molecule has 0 radical (unpaired) electrons. The Hall–Kier alpha value is -2.57. The molecule has 2 N–H and O–H groups in total. The summed E-state index contributed by atoms with van der Waals surface area (Å²) in [6.07, 6.45) is -0.0479. The highest BCUT2D eigenvalue weighted by Gasteiger charge is 2.18. The summed E-state index contributed by atoms with van der Waals surface area (Å²) >= 11 is 0. The van der Waals surface area contributed by atoms with Crippen molar-refractivity contribution in [2.45, 2.75) is 46.8 Å². The van der Waals surface area contributed by atoms with Gasteiger partial charge in [0.05, 0.1) is 23.5 Å². The van der Waals surface area contributed by atoms with Crippen LogP contribution < -0.4 is 15.4 Å². The average molecular weight is 348 g/mol. The van der Waals surface area contributed by atoms with Gasteiger partial charge in [-0.05, 0) is 46.8 Å². The Balaban J connectivity index is 2.05. The molecule has 0 aliphatic carbocycles. The third-order valence-corrected chi connectivity index (χ3v) is 3.91. The number of halogens is 1.